The summed E-state index contributed by atoms with van der Waals surface area (Å²) in [5.41, 5.74) is 5.14. The van der Waals surface area contributed by atoms with E-state index in [0.717, 1.165) is 6.54 Å². The van der Waals surface area contributed by atoms with E-state index in [-0.39, 0.29) is 0 Å². The van der Waals surface area contributed by atoms with Crippen LogP contribution in [0.15, 0.2) is 36.4 Å². The Morgan fingerprint density at radius 1 is 1.11 bits per heavy atom. The van der Waals surface area contributed by atoms with Gasteiger partial charge in [0.25, 0.3) is 0 Å². The highest BCUT2D eigenvalue weighted by Gasteiger charge is 2.07. The molecule has 1 aromatic carbocycles. The second-order valence-electron chi connectivity index (χ2n) is 4.83. The summed E-state index contributed by atoms with van der Waals surface area (Å²) < 4.78 is 2.29. The fourth-order valence-corrected chi connectivity index (χ4v) is 2.43. The molecule has 18 heavy (non-hydrogen) atoms. The molecular weight excluding hydrogens is 220 g/mol. The van der Waals surface area contributed by atoms with Gasteiger partial charge in [-0.3, -0.25) is 0 Å². The van der Waals surface area contributed by atoms with Crippen LogP contribution >= 0.6 is 0 Å². The largest absolute Gasteiger partial charge is 0.319 e. The zero-order valence-corrected chi connectivity index (χ0v) is 11.7. The number of benzene rings is 1. The van der Waals surface area contributed by atoms with Crippen molar-refractivity contribution in [2.75, 3.05) is 6.54 Å². The molecule has 1 heterocycles. The van der Waals surface area contributed by atoms with Crippen LogP contribution in [-0.2, 0) is 0 Å². The third-order valence-corrected chi connectivity index (χ3v) is 3.41. The molecule has 0 aliphatic rings. The summed E-state index contributed by atoms with van der Waals surface area (Å²) in [7, 11) is 0. The average Bonchev–Trinajstić information content (AvgIpc) is 2.69. The van der Waals surface area contributed by atoms with E-state index in [0.29, 0.717) is 6.04 Å². The lowest BCUT2D eigenvalue weighted by molar-refractivity contribution is 0.598. The molecular formula is C16H22N2. The van der Waals surface area contributed by atoms with Crippen LogP contribution < -0.4 is 5.32 Å². The van der Waals surface area contributed by atoms with Crippen LogP contribution in [0, 0.1) is 13.8 Å². The predicted octanol–water partition coefficient (Wildman–Crippen LogP) is 3.76. The first-order valence-electron chi connectivity index (χ1n) is 6.62. The van der Waals surface area contributed by atoms with E-state index in [1.807, 2.05) is 0 Å². The Kier molecular flexibility index (Phi) is 3.87. The zero-order chi connectivity index (χ0) is 13.1. The summed E-state index contributed by atoms with van der Waals surface area (Å²) in [6.07, 6.45) is 0. The molecule has 2 nitrogen and oxygen atoms in total. The molecule has 0 aliphatic heterocycles. The van der Waals surface area contributed by atoms with Gasteiger partial charge in [0.2, 0.25) is 0 Å². The minimum Gasteiger partial charge on any atom is -0.319 e. The van der Waals surface area contributed by atoms with Gasteiger partial charge in [0.05, 0.1) is 0 Å². The van der Waals surface area contributed by atoms with Crippen LogP contribution in [0.4, 0.5) is 0 Å². The van der Waals surface area contributed by atoms with Gasteiger partial charge >= 0.3 is 0 Å². The molecule has 1 atom stereocenters. The van der Waals surface area contributed by atoms with Gasteiger partial charge in [0.1, 0.15) is 0 Å². The first-order valence-corrected chi connectivity index (χ1v) is 6.62. The molecule has 0 saturated carbocycles. The van der Waals surface area contributed by atoms with Crippen molar-refractivity contribution in [3.8, 4) is 5.69 Å². The molecule has 0 bridgehead atoms. The number of nitrogens with one attached hydrogen (secondary N) is 1. The second-order valence-corrected chi connectivity index (χ2v) is 4.83. The van der Waals surface area contributed by atoms with Gasteiger partial charge in [-0.1, -0.05) is 19.1 Å². The maximum Gasteiger partial charge on any atom is 0.0458 e. The van der Waals surface area contributed by atoms with Crippen molar-refractivity contribution in [1.82, 2.24) is 9.88 Å². The van der Waals surface area contributed by atoms with Crippen molar-refractivity contribution in [2.45, 2.75) is 33.7 Å². The van der Waals surface area contributed by atoms with E-state index < -0.39 is 0 Å². The number of hydrogen-bond acceptors (Lipinski definition) is 1. The fourth-order valence-electron chi connectivity index (χ4n) is 2.43. The highest BCUT2D eigenvalue weighted by atomic mass is 15.0. The van der Waals surface area contributed by atoms with Crippen molar-refractivity contribution in [1.29, 1.82) is 0 Å². The maximum absolute atomic E-state index is 3.45. The Bertz CT molecular complexity index is 506. The smallest absolute Gasteiger partial charge is 0.0458 e. The Balaban J connectivity index is 2.39. The highest BCUT2D eigenvalue weighted by molar-refractivity contribution is 5.41. The van der Waals surface area contributed by atoms with Gasteiger partial charge in [-0.15, -0.1) is 0 Å². The number of hydrogen-bond donors (Lipinski definition) is 1. The number of aryl methyl sites for hydroxylation is 2. The lowest BCUT2D eigenvalue weighted by Crippen LogP contribution is -2.17. The quantitative estimate of drug-likeness (QED) is 0.863. The summed E-state index contributed by atoms with van der Waals surface area (Å²) in [6, 6.07) is 13.5. The van der Waals surface area contributed by atoms with E-state index >= 15 is 0 Å². The lowest BCUT2D eigenvalue weighted by atomic mass is 10.1. The van der Waals surface area contributed by atoms with Crippen LogP contribution in [0.3, 0.4) is 0 Å². The summed E-state index contributed by atoms with van der Waals surface area (Å²) in [6.45, 7) is 9.63. The Morgan fingerprint density at radius 3 is 2.39 bits per heavy atom. The predicted molar refractivity (Wildman–Crippen MR) is 77.3 cm³/mol. The summed E-state index contributed by atoms with van der Waals surface area (Å²) in [5.74, 6) is 0. The first-order chi connectivity index (χ1) is 8.63. The molecule has 0 amide bonds. The number of nitrogens with zero attached hydrogens (tertiary/aromatic N) is 1. The minimum absolute atomic E-state index is 0.395. The van der Waals surface area contributed by atoms with Gasteiger partial charge < -0.3 is 9.88 Å². The Hall–Kier alpha value is -1.54. The molecule has 96 valence electrons. The molecule has 1 unspecified atom stereocenters. The SMILES string of the molecule is CCNC(C)c1cccc(-n2c(C)ccc2C)c1. The first kappa shape index (κ1) is 12.9. The topological polar surface area (TPSA) is 17.0 Å². The normalized spacial score (nSPS) is 12.7. The molecule has 2 rings (SSSR count). The average molecular weight is 242 g/mol. The Labute approximate surface area is 110 Å². The third-order valence-electron chi connectivity index (χ3n) is 3.41. The van der Waals surface area contributed by atoms with Gasteiger partial charge in [-0.25, -0.2) is 0 Å². The van der Waals surface area contributed by atoms with Crippen molar-refractivity contribution < 1.29 is 0 Å². The van der Waals surface area contributed by atoms with E-state index in [9.17, 15) is 0 Å². The van der Waals surface area contributed by atoms with Crippen LogP contribution in [0.25, 0.3) is 5.69 Å². The van der Waals surface area contributed by atoms with Crippen molar-refractivity contribution >= 4 is 0 Å². The highest BCUT2D eigenvalue weighted by Crippen LogP contribution is 2.20. The van der Waals surface area contributed by atoms with Crippen molar-refractivity contribution in [3.05, 3.63) is 53.3 Å². The van der Waals surface area contributed by atoms with Gasteiger partial charge in [-0.2, -0.15) is 0 Å². The lowest BCUT2D eigenvalue weighted by Gasteiger charge is -2.16. The fraction of sp³-hybridized carbons (Fsp3) is 0.375. The molecule has 1 N–H and O–H groups in total. The second kappa shape index (κ2) is 5.40. The zero-order valence-electron chi connectivity index (χ0n) is 11.7. The van der Waals surface area contributed by atoms with E-state index in [2.05, 4.69) is 74.0 Å². The van der Waals surface area contributed by atoms with Gasteiger partial charge in [-0.05, 0) is 57.1 Å². The van der Waals surface area contributed by atoms with Crippen molar-refractivity contribution in [2.24, 2.45) is 0 Å². The molecule has 0 spiro atoms. The van der Waals surface area contributed by atoms with Crippen LogP contribution in [-0.4, -0.2) is 11.1 Å². The van der Waals surface area contributed by atoms with E-state index in [1.165, 1.54) is 22.6 Å². The summed E-state index contributed by atoms with van der Waals surface area (Å²) >= 11 is 0. The van der Waals surface area contributed by atoms with Gasteiger partial charge in [0, 0.05) is 23.1 Å². The summed E-state index contributed by atoms with van der Waals surface area (Å²) in [4.78, 5) is 0. The van der Waals surface area contributed by atoms with E-state index in [1.54, 1.807) is 0 Å². The third kappa shape index (κ3) is 2.49. The van der Waals surface area contributed by atoms with Crippen LogP contribution in [0.1, 0.15) is 36.8 Å². The standard InChI is InChI=1S/C16H22N2/c1-5-17-14(4)15-7-6-8-16(11-15)18-12(2)9-10-13(18)3/h6-11,14,17H,5H2,1-4H3. The maximum atomic E-state index is 3.45. The molecule has 2 aromatic rings. The van der Waals surface area contributed by atoms with Gasteiger partial charge in [0.15, 0.2) is 0 Å². The minimum atomic E-state index is 0.395. The molecule has 2 heteroatoms. The van der Waals surface area contributed by atoms with Crippen LogP contribution in [0.2, 0.25) is 0 Å². The molecule has 0 aliphatic carbocycles. The Morgan fingerprint density at radius 2 is 1.78 bits per heavy atom. The monoisotopic (exact) mass is 242 g/mol. The number of aromatic nitrogens is 1. The van der Waals surface area contributed by atoms with Crippen LogP contribution in [0.5, 0.6) is 0 Å². The summed E-state index contributed by atoms with van der Waals surface area (Å²) in [5, 5.41) is 3.45. The molecule has 1 aromatic heterocycles. The molecule has 0 fully saturated rings. The number of rotatable bonds is 4. The molecule has 0 saturated heterocycles. The van der Waals surface area contributed by atoms with Crippen molar-refractivity contribution in [3.63, 3.8) is 0 Å². The molecule has 0 radical (unpaired) electrons. The van der Waals surface area contributed by atoms with E-state index in [4.69, 9.17) is 0 Å².